The van der Waals surface area contributed by atoms with Crippen LogP contribution in [0.5, 0.6) is 11.5 Å². The van der Waals surface area contributed by atoms with E-state index in [1.54, 1.807) is 24.3 Å². The largest absolute Gasteiger partial charge is 0.550 e. The van der Waals surface area contributed by atoms with E-state index in [2.05, 4.69) is 26.1 Å². The van der Waals surface area contributed by atoms with Crippen LogP contribution in [0.4, 0.5) is 5.69 Å². The smallest absolute Gasteiger partial charge is 0.224 e. The van der Waals surface area contributed by atoms with Gasteiger partial charge in [0.05, 0.1) is 0 Å². The molecule has 0 saturated carbocycles. The normalized spacial score (nSPS) is 11.0. The summed E-state index contributed by atoms with van der Waals surface area (Å²) in [4.78, 5) is 21.9. The summed E-state index contributed by atoms with van der Waals surface area (Å²) in [5.41, 5.74) is 1.91. The Balaban J connectivity index is 1.94. The number of amides is 1. The maximum atomic E-state index is 11.6. The molecule has 2 aromatic rings. The lowest BCUT2D eigenvalue weighted by atomic mass is 9.87. The molecule has 0 aromatic heterocycles. The molecule has 0 aliphatic heterocycles. The van der Waals surface area contributed by atoms with Crippen molar-refractivity contribution in [1.29, 1.82) is 0 Å². The lowest BCUT2D eigenvalue weighted by Crippen LogP contribution is -2.24. The second-order valence-electron chi connectivity index (χ2n) is 6.82. The fraction of sp³-hybridized carbons (Fsp3) is 0.300. The molecule has 1 N–H and O–H groups in total. The van der Waals surface area contributed by atoms with Crippen LogP contribution < -0.4 is 15.2 Å². The number of carboxylic acid groups (broad SMARTS) is 1. The lowest BCUT2D eigenvalue weighted by molar-refractivity contribution is -0.305. The number of hydrogen-bond acceptors (Lipinski definition) is 4. The maximum Gasteiger partial charge on any atom is 0.224 e. The number of carboxylic acids is 1. The van der Waals surface area contributed by atoms with Crippen LogP contribution in [0.1, 0.15) is 39.2 Å². The van der Waals surface area contributed by atoms with Crippen LogP contribution in [0.3, 0.4) is 0 Å². The van der Waals surface area contributed by atoms with Crippen molar-refractivity contribution in [3.8, 4) is 11.5 Å². The number of aliphatic carboxylic acids is 1. The van der Waals surface area contributed by atoms with Gasteiger partial charge in [-0.15, -0.1) is 0 Å². The molecule has 0 aliphatic carbocycles. The molecule has 0 unspecified atom stereocenters. The molecule has 2 rings (SSSR count). The van der Waals surface area contributed by atoms with Gasteiger partial charge in [0, 0.05) is 18.1 Å². The fourth-order valence-electron chi connectivity index (χ4n) is 2.20. The molecular formula is C20H22NO4-. The summed E-state index contributed by atoms with van der Waals surface area (Å²) >= 11 is 0. The SMILES string of the molecule is CC(C)(C)c1ccc(Oc2ccc(NC(=O)CCC(=O)[O-])cc2)cc1. The van der Waals surface area contributed by atoms with Gasteiger partial charge in [-0.1, -0.05) is 32.9 Å². The molecule has 0 saturated heterocycles. The first-order valence-corrected chi connectivity index (χ1v) is 8.12. The molecule has 0 heterocycles. The van der Waals surface area contributed by atoms with E-state index in [4.69, 9.17) is 4.74 Å². The van der Waals surface area contributed by atoms with Crippen molar-refractivity contribution < 1.29 is 19.4 Å². The third kappa shape index (κ3) is 5.95. The molecule has 5 nitrogen and oxygen atoms in total. The van der Waals surface area contributed by atoms with Gasteiger partial charge in [0.1, 0.15) is 11.5 Å². The van der Waals surface area contributed by atoms with Crippen molar-refractivity contribution >= 4 is 17.6 Å². The Hall–Kier alpha value is -2.82. The zero-order valence-electron chi connectivity index (χ0n) is 14.7. The average Bonchev–Trinajstić information content (AvgIpc) is 2.54. The Bertz CT molecular complexity index is 728. The van der Waals surface area contributed by atoms with E-state index in [0.29, 0.717) is 11.4 Å². The van der Waals surface area contributed by atoms with Crippen LogP contribution >= 0.6 is 0 Å². The molecule has 0 spiro atoms. The van der Waals surface area contributed by atoms with Gasteiger partial charge in [-0.3, -0.25) is 4.79 Å². The Morgan fingerprint density at radius 1 is 0.920 bits per heavy atom. The Labute approximate surface area is 147 Å². The first-order chi connectivity index (χ1) is 11.7. The molecule has 0 bridgehead atoms. The van der Waals surface area contributed by atoms with E-state index >= 15 is 0 Å². The van der Waals surface area contributed by atoms with Crippen LogP contribution in [0.2, 0.25) is 0 Å². The van der Waals surface area contributed by atoms with Crippen molar-refractivity contribution in [1.82, 2.24) is 0 Å². The summed E-state index contributed by atoms with van der Waals surface area (Å²) in [5.74, 6) is -0.220. The Kier molecular flexibility index (Phi) is 5.80. The molecule has 0 atom stereocenters. The highest BCUT2D eigenvalue weighted by atomic mass is 16.5. The third-order valence-electron chi connectivity index (χ3n) is 3.65. The molecular weight excluding hydrogens is 318 g/mol. The Morgan fingerprint density at radius 2 is 1.44 bits per heavy atom. The number of hydrogen-bond donors (Lipinski definition) is 1. The standard InChI is InChI=1S/C20H23NO4/c1-20(2,3)14-4-8-16(9-5-14)25-17-10-6-15(7-11-17)21-18(22)12-13-19(23)24/h4-11H,12-13H2,1-3H3,(H,21,22)(H,23,24)/p-1. The molecule has 5 heteroatoms. The minimum Gasteiger partial charge on any atom is -0.550 e. The van der Waals surface area contributed by atoms with E-state index in [1.807, 2.05) is 24.3 Å². The first kappa shape index (κ1) is 18.5. The molecule has 25 heavy (non-hydrogen) atoms. The van der Waals surface area contributed by atoms with Gasteiger partial charge in [-0.25, -0.2) is 0 Å². The zero-order chi connectivity index (χ0) is 18.4. The number of rotatable bonds is 6. The average molecular weight is 340 g/mol. The van der Waals surface area contributed by atoms with E-state index in [-0.39, 0.29) is 24.2 Å². The number of ether oxygens (including phenoxy) is 1. The van der Waals surface area contributed by atoms with Crippen LogP contribution in [0.15, 0.2) is 48.5 Å². The predicted molar refractivity (Wildman–Crippen MR) is 94.5 cm³/mol. The highest BCUT2D eigenvalue weighted by molar-refractivity contribution is 5.92. The van der Waals surface area contributed by atoms with Crippen molar-refractivity contribution in [2.45, 2.75) is 39.0 Å². The highest BCUT2D eigenvalue weighted by Gasteiger charge is 2.13. The number of anilines is 1. The topological polar surface area (TPSA) is 78.5 Å². The first-order valence-electron chi connectivity index (χ1n) is 8.12. The quantitative estimate of drug-likeness (QED) is 0.875. The van der Waals surface area contributed by atoms with Gasteiger partial charge in [-0.2, -0.15) is 0 Å². The van der Waals surface area contributed by atoms with E-state index in [0.717, 1.165) is 5.75 Å². The minimum atomic E-state index is -1.24. The highest BCUT2D eigenvalue weighted by Crippen LogP contribution is 2.27. The van der Waals surface area contributed by atoms with Gasteiger partial charge < -0.3 is 20.0 Å². The van der Waals surface area contributed by atoms with Crippen molar-refractivity contribution in [2.75, 3.05) is 5.32 Å². The van der Waals surface area contributed by atoms with Crippen molar-refractivity contribution in [3.05, 3.63) is 54.1 Å². The van der Waals surface area contributed by atoms with Crippen molar-refractivity contribution in [3.63, 3.8) is 0 Å². The number of benzene rings is 2. The summed E-state index contributed by atoms with van der Waals surface area (Å²) in [6.07, 6.45) is -0.404. The van der Waals surface area contributed by atoms with Crippen LogP contribution in [0.25, 0.3) is 0 Å². The third-order valence-corrected chi connectivity index (χ3v) is 3.65. The summed E-state index contributed by atoms with van der Waals surface area (Å²) in [5, 5.41) is 13.0. The van der Waals surface area contributed by atoms with Crippen LogP contribution in [-0.2, 0) is 15.0 Å². The van der Waals surface area contributed by atoms with Gasteiger partial charge in [0.15, 0.2) is 0 Å². The van der Waals surface area contributed by atoms with E-state index < -0.39 is 5.97 Å². The van der Waals surface area contributed by atoms with Crippen LogP contribution in [0, 0.1) is 0 Å². The van der Waals surface area contributed by atoms with Gasteiger partial charge in [-0.05, 0) is 53.8 Å². The summed E-state index contributed by atoms with van der Waals surface area (Å²) < 4.78 is 5.79. The maximum absolute atomic E-state index is 11.6. The number of carbonyl (C=O) groups excluding carboxylic acids is 2. The van der Waals surface area contributed by atoms with Gasteiger partial charge in [0.2, 0.25) is 5.91 Å². The van der Waals surface area contributed by atoms with E-state index in [1.165, 1.54) is 5.56 Å². The summed E-state index contributed by atoms with van der Waals surface area (Å²) in [6.45, 7) is 6.47. The Morgan fingerprint density at radius 3 is 1.92 bits per heavy atom. The van der Waals surface area contributed by atoms with Crippen LogP contribution in [-0.4, -0.2) is 11.9 Å². The molecule has 2 aromatic carbocycles. The van der Waals surface area contributed by atoms with Gasteiger partial charge in [0.25, 0.3) is 0 Å². The second-order valence-corrected chi connectivity index (χ2v) is 6.82. The number of nitrogens with one attached hydrogen (secondary N) is 1. The summed E-state index contributed by atoms with van der Waals surface area (Å²) in [7, 11) is 0. The molecule has 0 fully saturated rings. The van der Waals surface area contributed by atoms with E-state index in [9.17, 15) is 14.7 Å². The molecule has 132 valence electrons. The molecule has 0 aliphatic rings. The number of carbonyl (C=O) groups is 2. The lowest BCUT2D eigenvalue weighted by Gasteiger charge is -2.19. The van der Waals surface area contributed by atoms with Gasteiger partial charge >= 0.3 is 0 Å². The second kappa shape index (κ2) is 7.83. The molecule has 1 amide bonds. The predicted octanol–water partition coefficient (Wildman–Crippen LogP) is 3.25. The zero-order valence-corrected chi connectivity index (χ0v) is 14.7. The minimum absolute atomic E-state index is 0.0923. The van der Waals surface area contributed by atoms with Crippen molar-refractivity contribution in [2.24, 2.45) is 0 Å². The fourth-order valence-corrected chi connectivity index (χ4v) is 2.20. The summed E-state index contributed by atoms with van der Waals surface area (Å²) in [6, 6.07) is 14.8. The monoisotopic (exact) mass is 340 g/mol. The molecule has 0 radical (unpaired) electrons.